The fraction of sp³-hybridized carbons (Fsp3) is 0.312. The van der Waals surface area contributed by atoms with Gasteiger partial charge < -0.3 is 14.8 Å². The molecule has 7 heteroatoms. The number of methoxy groups -OCH3 is 2. The van der Waals surface area contributed by atoms with Gasteiger partial charge in [0.05, 0.1) is 19.6 Å². The van der Waals surface area contributed by atoms with E-state index in [0.717, 1.165) is 28.9 Å². The topological polar surface area (TPSA) is 85.0 Å². The second-order valence-corrected chi connectivity index (χ2v) is 5.02. The smallest absolute Gasteiger partial charge is 0.186 e. The lowest BCUT2D eigenvalue weighted by molar-refractivity contribution is 0.354. The number of anilines is 1. The van der Waals surface area contributed by atoms with Crippen molar-refractivity contribution in [2.75, 3.05) is 19.5 Å². The summed E-state index contributed by atoms with van der Waals surface area (Å²) in [5.74, 6) is 2.19. The second kappa shape index (κ2) is 6.51. The number of aromatic amines is 1. The van der Waals surface area contributed by atoms with Gasteiger partial charge in [-0.15, -0.1) is 0 Å². The van der Waals surface area contributed by atoms with Gasteiger partial charge in [0.15, 0.2) is 17.1 Å². The Morgan fingerprint density at radius 1 is 1.13 bits per heavy atom. The van der Waals surface area contributed by atoms with E-state index in [1.807, 2.05) is 18.2 Å². The summed E-state index contributed by atoms with van der Waals surface area (Å²) in [5, 5.41) is 11.5. The van der Waals surface area contributed by atoms with Crippen molar-refractivity contribution in [2.24, 2.45) is 0 Å². The number of fused-ring (bicyclic) bond motifs is 1. The maximum absolute atomic E-state index is 5.33. The van der Waals surface area contributed by atoms with Gasteiger partial charge in [-0.2, -0.15) is 5.10 Å². The van der Waals surface area contributed by atoms with Crippen molar-refractivity contribution in [3.8, 4) is 11.5 Å². The number of aromatic nitrogens is 4. The van der Waals surface area contributed by atoms with Crippen LogP contribution >= 0.6 is 0 Å². The first-order chi connectivity index (χ1) is 11.3. The van der Waals surface area contributed by atoms with Gasteiger partial charge in [-0.3, -0.25) is 5.10 Å². The lowest BCUT2D eigenvalue weighted by Gasteiger charge is -2.11. The number of hydrogen-bond donors (Lipinski definition) is 2. The summed E-state index contributed by atoms with van der Waals surface area (Å²) in [7, 11) is 3.25. The third-order valence-corrected chi connectivity index (χ3v) is 3.69. The van der Waals surface area contributed by atoms with E-state index in [2.05, 4.69) is 32.4 Å². The highest BCUT2D eigenvalue weighted by molar-refractivity contribution is 5.88. The Labute approximate surface area is 134 Å². The maximum Gasteiger partial charge on any atom is 0.186 e. The van der Waals surface area contributed by atoms with E-state index in [1.165, 1.54) is 6.33 Å². The van der Waals surface area contributed by atoms with E-state index in [0.29, 0.717) is 23.7 Å². The molecule has 0 aliphatic heterocycles. The molecule has 0 aliphatic rings. The molecule has 0 saturated heterocycles. The number of benzene rings is 1. The van der Waals surface area contributed by atoms with E-state index in [9.17, 15) is 0 Å². The highest BCUT2D eigenvalue weighted by Crippen LogP contribution is 2.28. The molecule has 3 rings (SSSR count). The first-order valence-electron chi connectivity index (χ1n) is 7.39. The number of aryl methyl sites for hydroxylation is 1. The molecule has 23 heavy (non-hydrogen) atoms. The van der Waals surface area contributed by atoms with Crippen molar-refractivity contribution >= 4 is 16.9 Å². The van der Waals surface area contributed by atoms with Crippen molar-refractivity contribution in [3.63, 3.8) is 0 Å². The molecule has 0 atom stereocenters. The Morgan fingerprint density at radius 2 is 1.96 bits per heavy atom. The summed E-state index contributed by atoms with van der Waals surface area (Å²) in [6, 6.07) is 5.82. The van der Waals surface area contributed by atoms with Gasteiger partial charge in [0, 0.05) is 12.2 Å². The summed E-state index contributed by atoms with van der Waals surface area (Å²) in [6.45, 7) is 2.68. The minimum absolute atomic E-state index is 0.612. The molecule has 0 unspecified atom stereocenters. The van der Waals surface area contributed by atoms with E-state index in [4.69, 9.17) is 9.47 Å². The molecule has 2 aromatic heterocycles. The van der Waals surface area contributed by atoms with E-state index in [1.54, 1.807) is 14.2 Å². The molecule has 0 radical (unpaired) electrons. The predicted molar refractivity (Wildman–Crippen MR) is 87.9 cm³/mol. The summed E-state index contributed by atoms with van der Waals surface area (Å²) in [6.07, 6.45) is 2.36. The average Bonchev–Trinajstić information content (AvgIpc) is 3.03. The van der Waals surface area contributed by atoms with Crippen molar-refractivity contribution in [1.82, 2.24) is 20.2 Å². The minimum atomic E-state index is 0.612. The number of ether oxygens (including phenoxy) is 2. The molecule has 7 nitrogen and oxygen atoms in total. The molecule has 0 spiro atoms. The van der Waals surface area contributed by atoms with E-state index < -0.39 is 0 Å². The monoisotopic (exact) mass is 313 g/mol. The van der Waals surface area contributed by atoms with Crippen molar-refractivity contribution in [2.45, 2.75) is 19.9 Å². The Bertz CT molecular complexity index is 815. The summed E-state index contributed by atoms with van der Waals surface area (Å²) in [5.41, 5.74) is 2.76. The zero-order chi connectivity index (χ0) is 16.2. The Morgan fingerprint density at radius 3 is 2.70 bits per heavy atom. The molecule has 1 aromatic carbocycles. The summed E-state index contributed by atoms with van der Waals surface area (Å²) in [4.78, 5) is 8.53. The lowest BCUT2D eigenvalue weighted by Crippen LogP contribution is -2.03. The molecule has 2 N–H and O–H groups in total. The molecule has 120 valence electrons. The van der Waals surface area contributed by atoms with Gasteiger partial charge in [-0.1, -0.05) is 13.0 Å². The summed E-state index contributed by atoms with van der Waals surface area (Å²) >= 11 is 0. The number of hydrogen-bond acceptors (Lipinski definition) is 6. The molecule has 0 bridgehead atoms. The first kappa shape index (κ1) is 15.1. The quantitative estimate of drug-likeness (QED) is 0.727. The third kappa shape index (κ3) is 2.90. The number of rotatable bonds is 6. The fourth-order valence-corrected chi connectivity index (χ4v) is 2.48. The van der Waals surface area contributed by atoms with Crippen LogP contribution in [0.2, 0.25) is 0 Å². The number of nitrogens with zero attached hydrogens (tertiary/aromatic N) is 3. The molecule has 0 fully saturated rings. The number of nitrogens with one attached hydrogen (secondary N) is 2. The third-order valence-electron chi connectivity index (χ3n) is 3.69. The van der Waals surface area contributed by atoms with Crippen LogP contribution in [-0.4, -0.2) is 34.4 Å². The molecule has 3 aromatic rings. The highest BCUT2D eigenvalue weighted by Gasteiger charge is 2.11. The van der Waals surface area contributed by atoms with Gasteiger partial charge in [0.1, 0.15) is 12.1 Å². The molecular formula is C16H19N5O2. The van der Waals surface area contributed by atoms with Crippen LogP contribution in [0, 0.1) is 0 Å². The van der Waals surface area contributed by atoms with Crippen LogP contribution < -0.4 is 14.8 Å². The first-order valence-corrected chi connectivity index (χ1v) is 7.39. The standard InChI is InChI=1S/C16H19N5O2/c1-4-11-14-15(18-9-19-16(14)21-20-11)17-8-10-5-6-12(22-2)13(7-10)23-3/h5-7,9H,4,8H2,1-3H3,(H2,17,18,19,20,21). The van der Waals surface area contributed by atoms with Crippen LogP contribution in [0.15, 0.2) is 24.5 Å². The van der Waals surface area contributed by atoms with Crippen LogP contribution in [-0.2, 0) is 13.0 Å². The normalized spacial score (nSPS) is 10.7. The minimum Gasteiger partial charge on any atom is -0.493 e. The summed E-state index contributed by atoms with van der Waals surface area (Å²) < 4.78 is 10.6. The Kier molecular flexibility index (Phi) is 4.27. The predicted octanol–water partition coefficient (Wildman–Crippen LogP) is 2.54. The van der Waals surface area contributed by atoms with Crippen LogP contribution in [0.3, 0.4) is 0 Å². The van der Waals surface area contributed by atoms with Crippen molar-refractivity contribution in [3.05, 3.63) is 35.8 Å². The van der Waals surface area contributed by atoms with Crippen LogP contribution in [0.4, 0.5) is 5.82 Å². The van der Waals surface area contributed by atoms with Gasteiger partial charge in [-0.05, 0) is 24.1 Å². The molecule has 2 heterocycles. The van der Waals surface area contributed by atoms with E-state index >= 15 is 0 Å². The van der Waals surface area contributed by atoms with Gasteiger partial charge in [0.25, 0.3) is 0 Å². The molecule has 0 saturated carbocycles. The molecular weight excluding hydrogens is 294 g/mol. The van der Waals surface area contributed by atoms with Crippen molar-refractivity contribution < 1.29 is 9.47 Å². The molecule has 0 amide bonds. The molecule has 0 aliphatic carbocycles. The highest BCUT2D eigenvalue weighted by atomic mass is 16.5. The Hall–Kier alpha value is -2.83. The van der Waals surface area contributed by atoms with E-state index in [-0.39, 0.29) is 0 Å². The van der Waals surface area contributed by atoms with Gasteiger partial charge in [-0.25, -0.2) is 9.97 Å². The second-order valence-electron chi connectivity index (χ2n) is 5.02. The lowest BCUT2D eigenvalue weighted by atomic mass is 10.2. The van der Waals surface area contributed by atoms with Crippen LogP contribution in [0.5, 0.6) is 11.5 Å². The maximum atomic E-state index is 5.33. The zero-order valence-electron chi connectivity index (χ0n) is 13.4. The van der Waals surface area contributed by atoms with Gasteiger partial charge in [0.2, 0.25) is 0 Å². The van der Waals surface area contributed by atoms with Crippen LogP contribution in [0.1, 0.15) is 18.2 Å². The Balaban J connectivity index is 1.85. The number of H-pyrrole nitrogens is 1. The van der Waals surface area contributed by atoms with Gasteiger partial charge >= 0.3 is 0 Å². The largest absolute Gasteiger partial charge is 0.493 e. The fourth-order valence-electron chi connectivity index (χ4n) is 2.48. The van der Waals surface area contributed by atoms with Crippen LogP contribution in [0.25, 0.3) is 11.0 Å². The van der Waals surface area contributed by atoms with Crippen molar-refractivity contribution in [1.29, 1.82) is 0 Å². The zero-order valence-corrected chi connectivity index (χ0v) is 13.4. The average molecular weight is 313 g/mol. The SMILES string of the molecule is CCc1[nH]nc2ncnc(NCc3ccc(OC)c(OC)c3)c12.